The zero-order chi connectivity index (χ0) is 19.5. The van der Waals surface area contributed by atoms with E-state index in [-0.39, 0.29) is 11.3 Å². The number of ketones is 1. The molecule has 3 nitrogen and oxygen atoms in total. The molecule has 0 unspecified atom stereocenters. The van der Waals surface area contributed by atoms with Crippen molar-refractivity contribution in [1.29, 1.82) is 0 Å². The molecule has 0 aliphatic carbocycles. The SMILES string of the molecule is Cc1cc(O)c(C/C(=C\Nc2ccc(F)cc2)C(=O)C(F)(F)F)cc1C. The molecule has 2 rings (SSSR count). The standard InChI is InChI=1S/C19H17F4NO2/c1-11-7-13(17(25)8-12(11)2)9-14(18(26)19(21,22)23)10-24-16-5-3-15(20)4-6-16/h3-8,10,24-25H,9H2,1-2H3/b14-10+. The van der Waals surface area contributed by atoms with Gasteiger partial charge in [-0.3, -0.25) is 4.79 Å². The second-order valence-electron chi connectivity index (χ2n) is 5.89. The van der Waals surface area contributed by atoms with Gasteiger partial charge in [-0.05, 0) is 60.9 Å². The van der Waals surface area contributed by atoms with Gasteiger partial charge in [0.1, 0.15) is 11.6 Å². The average Bonchev–Trinajstić information content (AvgIpc) is 2.56. The number of phenols is 1. The summed E-state index contributed by atoms with van der Waals surface area (Å²) in [7, 11) is 0. The van der Waals surface area contributed by atoms with Crippen LogP contribution in [-0.2, 0) is 11.2 Å². The third kappa shape index (κ3) is 4.84. The summed E-state index contributed by atoms with van der Waals surface area (Å²) in [4.78, 5) is 11.7. The van der Waals surface area contributed by atoms with Crippen molar-refractivity contribution >= 4 is 11.5 Å². The average molecular weight is 367 g/mol. The quantitative estimate of drug-likeness (QED) is 0.589. The molecular formula is C19H17F4NO2. The smallest absolute Gasteiger partial charge is 0.454 e. The van der Waals surface area contributed by atoms with E-state index in [4.69, 9.17) is 0 Å². The number of carbonyl (C=O) groups is 1. The van der Waals surface area contributed by atoms with Crippen molar-refractivity contribution in [2.75, 3.05) is 5.32 Å². The molecule has 138 valence electrons. The first-order chi connectivity index (χ1) is 12.1. The van der Waals surface area contributed by atoms with Crippen molar-refractivity contribution in [2.24, 2.45) is 0 Å². The molecule has 0 heterocycles. The molecule has 0 saturated carbocycles. The summed E-state index contributed by atoms with van der Waals surface area (Å²) in [5.74, 6) is -2.69. The largest absolute Gasteiger partial charge is 0.508 e. The molecule has 2 aromatic carbocycles. The number of aromatic hydroxyl groups is 1. The maximum atomic E-state index is 12.9. The van der Waals surface area contributed by atoms with Crippen LogP contribution in [0.5, 0.6) is 5.75 Å². The first kappa shape index (κ1) is 19.5. The Labute approximate surface area is 148 Å². The lowest BCUT2D eigenvalue weighted by atomic mass is 9.97. The molecule has 2 aromatic rings. The Balaban J connectivity index is 2.35. The topological polar surface area (TPSA) is 49.3 Å². The molecule has 0 atom stereocenters. The molecule has 0 radical (unpaired) electrons. The number of aryl methyl sites for hydroxylation is 2. The van der Waals surface area contributed by atoms with E-state index in [0.717, 1.165) is 29.5 Å². The van der Waals surface area contributed by atoms with E-state index in [0.29, 0.717) is 5.69 Å². The van der Waals surface area contributed by atoms with Gasteiger partial charge in [0.15, 0.2) is 0 Å². The van der Waals surface area contributed by atoms with Gasteiger partial charge in [-0.25, -0.2) is 4.39 Å². The van der Waals surface area contributed by atoms with Crippen molar-refractivity contribution in [3.05, 3.63) is 70.7 Å². The number of benzene rings is 2. The van der Waals surface area contributed by atoms with Crippen LogP contribution in [0, 0.1) is 19.7 Å². The Hall–Kier alpha value is -2.83. The lowest BCUT2D eigenvalue weighted by Crippen LogP contribution is -2.26. The summed E-state index contributed by atoms with van der Waals surface area (Å²) in [5.41, 5.74) is 1.52. The van der Waals surface area contributed by atoms with Gasteiger partial charge in [0, 0.05) is 23.9 Å². The summed E-state index contributed by atoms with van der Waals surface area (Å²) >= 11 is 0. The minimum atomic E-state index is -5.05. The zero-order valence-electron chi connectivity index (χ0n) is 14.1. The number of halogens is 4. The van der Waals surface area contributed by atoms with Crippen LogP contribution in [0.15, 0.2) is 48.2 Å². The van der Waals surface area contributed by atoms with Crippen molar-refractivity contribution in [3.63, 3.8) is 0 Å². The second-order valence-corrected chi connectivity index (χ2v) is 5.89. The zero-order valence-corrected chi connectivity index (χ0v) is 14.1. The second kappa shape index (κ2) is 7.59. The highest BCUT2D eigenvalue weighted by atomic mass is 19.4. The molecule has 0 aliphatic rings. The van der Waals surface area contributed by atoms with E-state index in [1.54, 1.807) is 19.9 Å². The molecular weight excluding hydrogens is 350 g/mol. The van der Waals surface area contributed by atoms with Crippen molar-refractivity contribution in [2.45, 2.75) is 26.4 Å². The number of hydrogen-bond donors (Lipinski definition) is 2. The Kier molecular flexibility index (Phi) is 5.69. The van der Waals surface area contributed by atoms with Crippen molar-refractivity contribution in [3.8, 4) is 5.75 Å². The summed E-state index contributed by atoms with van der Waals surface area (Å²) in [6, 6.07) is 7.91. The fraction of sp³-hybridized carbons (Fsp3) is 0.211. The van der Waals surface area contributed by atoms with E-state index in [1.165, 1.54) is 18.2 Å². The van der Waals surface area contributed by atoms with Gasteiger partial charge < -0.3 is 10.4 Å². The Morgan fingerprint density at radius 2 is 1.69 bits per heavy atom. The van der Waals surface area contributed by atoms with Gasteiger partial charge in [-0.15, -0.1) is 0 Å². The molecule has 2 N–H and O–H groups in total. The maximum absolute atomic E-state index is 12.9. The fourth-order valence-electron chi connectivity index (χ4n) is 2.30. The number of phenolic OH excluding ortho intramolecular Hbond substituents is 1. The molecule has 26 heavy (non-hydrogen) atoms. The Morgan fingerprint density at radius 1 is 1.12 bits per heavy atom. The number of Topliss-reactive ketones (excluding diaryl/α,β-unsaturated/α-hetero) is 1. The van der Waals surface area contributed by atoms with Crippen LogP contribution in [0.3, 0.4) is 0 Å². The normalized spacial score (nSPS) is 12.2. The molecule has 0 saturated heterocycles. The van der Waals surface area contributed by atoms with Gasteiger partial charge in [0.25, 0.3) is 5.78 Å². The van der Waals surface area contributed by atoms with Crippen molar-refractivity contribution in [1.82, 2.24) is 0 Å². The third-order valence-electron chi connectivity index (χ3n) is 3.88. The van der Waals surface area contributed by atoms with Gasteiger partial charge >= 0.3 is 6.18 Å². The number of nitrogens with one attached hydrogen (secondary N) is 1. The van der Waals surface area contributed by atoms with Crippen LogP contribution in [-0.4, -0.2) is 17.1 Å². The Morgan fingerprint density at radius 3 is 2.27 bits per heavy atom. The van der Waals surface area contributed by atoms with Crippen LogP contribution in [0.1, 0.15) is 16.7 Å². The molecule has 0 fully saturated rings. The van der Waals surface area contributed by atoms with Gasteiger partial charge in [-0.1, -0.05) is 6.07 Å². The first-order valence-electron chi connectivity index (χ1n) is 7.69. The molecule has 0 aromatic heterocycles. The van der Waals surface area contributed by atoms with E-state index in [2.05, 4.69) is 5.32 Å². The van der Waals surface area contributed by atoms with E-state index < -0.39 is 29.8 Å². The summed E-state index contributed by atoms with van der Waals surface area (Å²) in [6.07, 6.45) is -4.52. The molecule has 0 bridgehead atoms. The van der Waals surface area contributed by atoms with E-state index in [1.807, 2.05) is 0 Å². The van der Waals surface area contributed by atoms with Gasteiger partial charge in [-0.2, -0.15) is 13.2 Å². The minimum Gasteiger partial charge on any atom is -0.508 e. The predicted octanol–water partition coefficient (Wildman–Crippen LogP) is 4.82. The lowest BCUT2D eigenvalue weighted by molar-refractivity contribution is -0.166. The molecule has 0 spiro atoms. The van der Waals surface area contributed by atoms with Crippen molar-refractivity contribution < 1.29 is 27.5 Å². The third-order valence-corrected chi connectivity index (χ3v) is 3.88. The van der Waals surface area contributed by atoms with Crippen LogP contribution in [0.25, 0.3) is 0 Å². The lowest BCUT2D eigenvalue weighted by Gasteiger charge is -2.13. The number of alkyl halides is 3. The monoisotopic (exact) mass is 367 g/mol. The minimum absolute atomic E-state index is 0.184. The first-order valence-corrected chi connectivity index (χ1v) is 7.69. The Bertz CT molecular complexity index is 840. The highest BCUT2D eigenvalue weighted by molar-refractivity contribution is 6.00. The molecule has 7 heteroatoms. The maximum Gasteiger partial charge on any atom is 0.454 e. The highest BCUT2D eigenvalue weighted by Crippen LogP contribution is 2.28. The van der Waals surface area contributed by atoms with E-state index >= 15 is 0 Å². The van der Waals surface area contributed by atoms with E-state index in [9.17, 15) is 27.5 Å². The van der Waals surface area contributed by atoms with Crippen LogP contribution in [0.4, 0.5) is 23.2 Å². The van der Waals surface area contributed by atoms with Crippen LogP contribution < -0.4 is 5.32 Å². The highest BCUT2D eigenvalue weighted by Gasteiger charge is 2.40. The predicted molar refractivity (Wildman–Crippen MR) is 90.5 cm³/mol. The summed E-state index contributed by atoms with van der Waals surface area (Å²) in [5, 5.41) is 12.5. The number of anilines is 1. The summed E-state index contributed by atoms with van der Waals surface area (Å²) in [6.45, 7) is 3.51. The van der Waals surface area contributed by atoms with Gasteiger partial charge in [0.2, 0.25) is 0 Å². The molecule has 0 aliphatic heterocycles. The number of hydrogen-bond acceptors (Lipinski definition) is 3. The van der Waals surface area contributed by atoms with Crippen LogP contribution >= 0.6 is 0 Å². The molecule has 0 amide bonds. The number of allylic oxidation sites excluding steroid dienone is 1. The van der Waals surface area contributed by atoms with Gasteiger partial charge in [0.05, 0.1) is 0 Å². The summed E-state index contributed by atoms with van der Waals surface area (Å²) < 4.78 is 51.6. The van der Waals surface area contributed by atoms with Crippen LogP contribution in [0.2, 0.25) is 0 Å². The number of carbonyl (C=O) groups excluding carboxylic acids is 1. The fourth-order valence-corrected chi connectivity index (χ4v) is 2.30. The number of rotatable bonds is 5.